The maximum Gasteiger partial charge on any atom is 0.253 e. The van der Waals surface area contributed by atoms with Gasteiger partial charge in [0.15, 0.2) is 0 Å². The average Bonchev–Trinajstić information content (AvgIpc) is 3.49. The minimum atomic E-state index is -0.837. The molecular weight excluding hydrogens is 510 g/mol. The molecule has 2 atom stereocenters. The van der Waals surface area contributed by atoms with E-state index in [4.69, 9.17) is 5.73 Å². The van der Waals surface area contributed by atoms with E-state index < -0.39 is 5.41 Å². The van der Waals surface area contributed by atoms with E-state index in [0.717, 1.165) is 36.9 Å². The number of carbonyl (C=O) groups is 1. The van der Waals surface area contributed by atoms with Gasteiger partial charge in [-0.15, -0.1) is 0 Å². The van der Waals surface area contributed by atoms with Crippen LogP contribution in [0.25, 0.3) is 0 Å². The molecule has 0 spiro atoms. The van der Waals surface area contributed by atoms with Gasteiger partial charge in [-0.3, -0.25) is 4.79 Å². The summed E-state index contributed by atoms with van der Waals surface area (Å²) in [5.74, 6) is 1.10. The number of halogens is 1. The summed E-state index contributed by atoms with van der Waals surface area (Å²) in [5.41, 5.74) is 10.00. The highest BCUT2D eigenvalue weighted by Crippen LogP contribution is 2.49. The first-order chi connectivity index (χ1) is 17.0. The average molecular weight is 545 g/mol. The molecule has 186 valence electrons. The second kappa shape index (κ2) is 10.8. The Hall–Kier alpha value is -3.18. The van der Waals surface area contributed by atoms with Crippen molar-refractivity contribution in [3.63, 3.8) is 0 Å². The van der Waals surface area contributed by atoms with Crippen molar-refractivity contribution in [3.8, 4) is 0 Å². The van der Waals surface area contributed by atoms with E-state index in [-0.39, 0.29) is 28.8 Å². The molecule has 5 rings (SSSR count). The smallest absolute Gasteiger partial charge is 0.253 e. The van der Waals surface area contributed by atoms with Crippen LogP contribution in [0.2, 0.25) is 0 Å². The molecule has 1 heterocycles. The molecule has 0 aliphatic heterocycles. The minimum Gasteiger partial charge on any atom is -1.00 e. The summed E-state index contributed by atoms with van der Waals surface area (Å²) in [6, 6.07) is 29.3. The molecule has 1 fully saturated rings. The maximum absolute atomic E-state index is 13.4. The number of imidazole rings is 1. The fourth-order valence-corrected chi connectivity index (χ4v) is 6.09. The predicted octanol–water partition coefficient (Wildman–Crippen LogP) is 2.26. The number of amides is 1. The van der Waals surface area contributed by atoms with Crippen LogP contribution in [0.3, 0.4) is 0 Å². The second-order valence-corrected chi connectivity index (χ2v) is 9.93. The molecule has 0 radical (unpaired) electrons. The van der Waals surface area contributed by atoms with Gasteiger partial charge in [0.05, 0.1) is 0 Å². The SMILES string of the molecule is Cc1ccc(C[n+]2ccn(C3CCC(C(C(N)=O)(c4ccccc4)c4ccccc4)C3)c2C)cc1.[Br-]. The van der Waals surface area contributed by atoms with Crippen LogP contribution in [-0.2, 0) is 16.8 Å². The van der Waals surface area contributed by atoms with Gasteiger partial charge >= 0.3 is 0 Å². The van der Waals surface area contributed by atoms with Gasteiger partial charge in [0, 0.05) is 6.92 Å². The van der Waals surface area contributed by atoms with Crippen molar-refractivity contribution >= 4 is 5.91 Å². The van der Waals surface area contributed by atoms with Gasteiger partial charge in [-0.05, 0) is 48.8 Å². The molecule has 2 unspecified atom stereocenters. The van der Waals surface area contributed by atoms with Crippen molar-refractivity contribution in [2.75, 3.05) is 0 Å². The Morgan fingerprint density at radius 1 is 0.917 bits per heavy atom. The molecule has 1 aliphatic carbocycles. The van der Waals surface area contributed by atoms with Crippen molar-refractivity contribution in [2.24, 2.45) is 11.7 Å². The van der Waals surface area contributed by atoms with E-state index in [0.29, 0.717) is 6.04 Å². The van der Waals surface area contributed by atoms with Crippen LogP contribution in [0.4, 0.5) is 0 Å². The number of primary amides is 1. The molecule has 3 aromatic carbocycles. The number of aryl methyl sites for hydroxylation is 1. The molecule has 4 nitrogen and oxygen atoms in total. The highest BCUT2D eigenvalue weighted by molar-refractivity contribution is 5.91. The molecule has 5 heteroatoms. The van der Waals surface area contributed by atoms with Gasteiger partial charge in [0.25, 0.3) is 5.82 Å². The fourth-order valence-electron chi connectivity index (χ4n) is 6.09. The third-order valence-electron chi connectivity index (χ3n) is 7.93. The van der Waals surface area contributed by atoms with Crippen molar-refractivity contribution in [2.45, 2.75) is 51.1 Å². The number of hydrogen-bond donors (Lipinski definition) is 1. The standard InChI is InChI=1S/C31H33N3O.BrH/c1-23-13-15-25(16-14-23)22-33-19-20-34(24(33)2)29-18-17-28(21-29)31(30(32)35,26-9-5-3-6-10-26)27-11-7-4-8-12-27;/h3-16,19-20,28-29H,17-18,21-22H2,1-2H3,(H-,32,35);1H. The van der Waals surface area contributed by atoms with E-state index in [2.05, 4.69) is 83.9 Å². The van der Waals surface area contributed by atoms with E-state index in [1.807, 2.05) is 36.4 Å². The van der Waals surface area contributed by atoms with Gasteiger partial charge < -0.3 is 22.7 Å². The molecular formula is C31H34BrN3O. The first-order valence-electron chi connectivity index (χ1n) is 12.5. The first kappa shape index (κ1) is 25.9. The largest absolute Gasteiger partial charge is 1.00 e. The van der Waals surface area contributed by atoms with Crippen LogP contribution in [0.15, 0.2) is 97.3 Å². The predicted molar refractivity (Wildman–Crippen MR) is 139 cm³/mol. The second-order valence-electron chi connectivity index (χ2n) is 9.93. The number of nitrogens with two attached hydrogens (primary N) is 1. The van der Waals surface area contributed by atoms with E-state index in [1.165, 1.54) is 17.0 Å². The number of hydrogen-bond acceptors (Lipinski definition) is 1. The fraction of sp³-hybridized carbons (Fsp3) is 0.290. The topological polar surface area (TPSA) is 51.9 Å². The first-order valence-corrected chi connectivity index (χ1v) is 12.5. The summed E-state index contributed by atoms with van der Waals surface area (Å²) >= 11 is 0. The molecule has 2 N–H and O–H groups in total. The Labute approximate surface area is 224 Å². The van der Waals surface area contributed by atoms with Crippen molar-refractivity contribution < 1.29 is 26.3 Å². The summed E-state index contributed by atoms with van der Waals surface area (Å²) in [6.07, 6.45) is 7.27. The minimum absolute atomic E-state index is 0. The number of carbonyl (C=O) groups excluding carboxylic acids is 1. The lowest BCUT2D eigenvalue weighted by Gasteiger charge is -2.37. The molecule has 0 bridgehead atoms. The molecule has 1 amide bonds. The Bertz CT molecular complexity index is 1260. The van der Waals surface area contributed by atoms with Gasteiger partial charge in [0.1, 0.15) is 30.4 Å². The lowest BCUT2D eigenvalue weighted by atomic mass is 9.64. The molecule has 4 aromatic rings. The van der Waals surface area contributed by atoms with Crippen LogP contribution in [0.5, 0.6) is 0 Å². The monoisotopic (exact) mass is 543 g/mol. The quantitative estimate of drug-likeness (QED) is 0.357. The van der Waals surface area contributed by atoms with Crippen molar-refractivity contribution in [1.29, 1.82) is 0 Å². The van der Waals surface area contributed by atoms with Crippen LogP contribution < -0.4 is 27.3 Å². The van der Waals surface area contributed by atoms with Crippen molar-refractivity contribution in [3.05, 3.63) is 125 Å². The number of aromatic nitrogens is 2. The van der Waals surface area contributed by atoms with Crippen molar-refractivity contribution in [1.82, 2.24) is 4.57 Å². The van der Waals surface area contributed by atoms with E-state index in [1.54, 1.807) is 0 Å². The zero-order valence-electron chi connectivity index (χ0n) is 21.0. The van der Waals surface area contributed by atoms with Crippen LogP contribution >= 0.6 is 0 Å². The Morgan fingerprint density at radius 2 is 1.50 bits per heavy atom. The Balaban J connectivity index is 0.00000304. The van der Waals surface area contributed by atoms with E-state index in [9.17, 15) is 4.79 Å². The number of benzene rings is 3. The molecule has 36 heavy (non-hydrogen) atoms. The van der Waals surface area contributed by atoms with Gasteiger partial charge in [-0.2, -0.15) is 0 Å². The normalized spacial score (nSPS) is 17.5. The zero-order valence-corrected chi connectivity index (χ0v) is 22.6. The Morgan fingerprint density at radius 3 is 2.06 bits per heavy atom. The highest BCUT2D eigenvalue weighted by atomic mass is 79.9. The number of nitrogens with zero attached hydrogens (tertiary/aromatic N) is 2. The van der Waals surface area contributed by atoms with E-state index >= 15 is 0 Å². The van der Waals surface area contributed by atoms with Gasteiger partial charge in [-0.25, -0.2) is 9.13 Å². The Kier molecular flexibility index (Phi) is 7.79. The van der Waals surface area contributed by atoms with Gasteiger partial charge in [-0.1, -0.05) is 90.5 Å². The maximum atomic E-state index is 13.4. The highest BCUT2D eigenvalue weighted by Gasteiger charge is 2.51. The lowest BCUT2D eigenvalue weighted by molar-refractivity contribution is -0.694. The third kappa shape index (κ3) is 4.64. The molecule has 1 saturated carbocycles. The summed E-state index contributed by atoms with van der Waals surface area (Å²) in [4.78, 5) is 13.4. The lowest BCUT2D eigenvalue weighted by Crippen LogP contribution is -3.00. The zero-order chi connectivity index (χ0) is 24.4. The van der Waals surface area contributed by atoms with Crippen LogP contribution in [-0.4, -0.2) is 10.5 Å². The molecule has 1 aromatic heterocycles. The third-order valence-corrected chi connectivity index (χ3v) is 7.93. The number of rotatable bonds is 7. The summed E-state index contributed by atoms with van der Waals surface area (Å²) in [6.45, 7) is 5.16. The summed E-state index contributed by atoms with van der Waals surface area (Å²) < 4.78 is 4.71. The summed E-state index contributed by atoms with van der Waals surface area (Å²) in [5, 5.41) is 0. The van der Waals surface area contributed by atoms with Gasteiger partial charge in [0.2, 0.25) is 5.91 Å². The molecule has 1 aliphatic rings. The molecule has 0 saturated heterocycles. The van der Waals surface area contributed by atoms with Crippen LogP contribution in [0, 0.1) is 19.8 Å². The van der Waals surface area contributed by atoms with Crippen LogP contribution in [0.1, 0.15) is 53.4 Å². The summed E-state index contributed by atoms with van der Waals surface area (Å²) in [7, 11) is 0.